The first-order chi connectivity index (χ1) is 9.65. The van der Waals surface area contributed by atoms with Crippen molar-refractivity contribution in [3.05, 3.63) is 28.2 Å². The van der Waals surface area contributed by atoms with Crippen LogP contribution in [0.4, 0.5) is 10.5 Å². The predicted octanol–water partition coefficient (Wildman–Crippen LogP) is 2.19. The minimum absolute atomic E-state index is 0.222. The molecule has 1 fully saturated rings. The monoisotopic (exact) mass is 341 g/mol. The zero-order valence-corrected chi connectivity index (χ0v) is 13.2. The summed E-state index contributed by atoms with van der Waals surface area (Å²) in [5.41, 5.74) is 8.06. The second kappa shape index (κ2) is 6.95. The number of piperazine rings is 1. The fourth-order valence-electron chi connectivity index (χ4n) is 2.35. The van der Waals surface area contributed by atoms with Crippen molar-refractivity contribution in [1.29, 1.82) is 0 Å². The molecule has 1 saturated heterocycles. The summed E-state index contributed by atoms with van der Waals surface area (Å²) in [6, 6.07) is 6.12. The highest BCUT2D eigenvalue weighted by molar-refractivity contribution is 9.10. The van der Waals surface area contributed by atoms with Crippen LogP contribution in [0.15, 0.2) is 22.7 Å². The summed E-state index contributed by atoms with van der Waals surface area (Å²) in [7, 11) is 0. The molecule has 0 aliphatic carbocycles. The standard InChI is InChI=1S/C14H20BrN3O2/c1-2-20-14(19)18-7-5-17(6-8-18)13-9-12(15)4-3-11(13)10-16/h3-4,9H,2,5-8,10,16H2,1H3. The van der Waals surface area contributed by atoms with Gasteiger partial charge < -0.3 is 20.3 Å². The Labute approximate surface area is 127 Å². The number of nitrogens with two attached hydrogens (primary N) is 1. The molecular formula is C14H20BrN3O2. The maximum Gasteiger partial charge on any atom is 0.409 e. The highest BCUT2D eigenvalue weighted by atomic mass is 79.9. The Morgan fingerprint density at radius 2 is 2.05 bits per heavy atom. The van der Waals surface area contributed by atoms with E-state index in [0.717, 1.165) is 28.8 Å². The van der Waals surface area contributed by atoms with Crippen molar-refractivity contribution in [2.75, 3.05) is 37.7 Å². The van der Waals surface area contributed by atoms with Gasteiger partial charge in [-0.05, 0) is 24.6 Å². The lowest BCUT2D eigenvalue weighted by atomic mass is 10.1. The smallest absolute Gasteiger partial charge is 0.409 e. The predicted molar refractivity (Wildman–Crippen MR) is 82.8 cm³/mol. The summed E-state index contributed by atoms with van der Waals surface area (Å²) < 4.78 is 6.07. The SMILES string of the molecule is CCOC(=O)N1CCN(c2cc(Br)ccc2CN)CC1. The molecule has 1 heterocycles. The number of carbonyl (C=O) groups is 1. The molecule has 5 nitrogen and oxygen atoms in total. The molecule has 0 saturated carbocycles. The highest BCUT2D eigenvalue weighted by Gasteiger charge is 2.23. The minimum atomic E-state index is -0.222. The maximum absolute atomic E-state index is 11.7. The van der Waals surface area contributed by atoms with Gasteiger partial charge in [-0.15, -0.1) is 0 Å². The molecule has 1 aromatic carbocycles. The third-order valence-corrected chi connectivity index (χ3v) is 3.91. The van der Waals surface area contributed by atoms with E-state index in [1.165, 1.54) is 0 Å². The minimum Gasteiger partial charge on any atom is -0.450 e. The fourth-order valence-corrected chi connectivity index (χ4v) is 2.70. The molecule has 2 N–H and O–H groups in total. The zero-order chi connectivity index (χ0) is 14.5. The molecular weight excluding hydrogens is 322 g/mol. The van der Waals surface area contributed by atoms with Gasteiger partial charge in [0, 0.05) is 42.9 Å². The quantitative estimate of drug-likeness (QED) is 0.915. The Bertz CT molecular complexity index is 473. The van der Waals surface area contributed by atoms with E-state index < -0.39 is 0 Å². The molecule has 1 aromatic rings. The number of rotatable bonds is 3. The van der Waals surface area contributed by atoms with Crippen molar-refractivity contribution in [3.8, 4) is 0 Å². The van der Waals surface area contributed by atoms with E-state index in [1.54, 1.807) is 4.90 Å². The van der Waals surface area contributed by atoms with Crippen LogP contribution in [0.1, 0.15) is 12.5 Å². The molecule has 0 unspecified atom stereocenters. The Morgan fingerprint density at radius 3 is 2.65 bits per heavy atom. The molecule has 0 spiro atoms. The van der Waals surface area contributed by atoms with Crippen LogP contribution in [-0.2, 0) is 11.3 Å². The topological polar surface area (TPSA) is 58.8 Å². The lowest BCUT2D eigenvalue weighted by Crippen LogP contribution is -2.49. The molecule has 0 radical (unpaired) electrons. The molecule has 0 bridgehead atoms. The summed E-state index contributed by atoms with van der Waals surface area (Å²) in [5.74, 6) is 0. The first-order valence-corrected chi connectivity index (χ1v) is 7.60. The number of hydrogen-bond acceptors (Lipinski definition) is 4. The van der Waals surface area contributed by atoms with Crippen molar-refractivity contribution in [3.63, 3.8) is 0 Å². The number of amides is 1. The Morgan fingerprint density at radius 1 is 1.35 bits per heavy atom. The van der Waals surface area contributed by atoms with Gasteiger partial charge in [0.1, 0.15) is 0 Å². The van der Waals surface area contributed by atoms with Crippen LogP contribution in [0.3, 0.4) is 0 Å². The second-order valence-electron chi connectivity index (χ2n) is 4.65. The lowest BCUT2D eigenvalue weighted by molar-refractivity contribution is 0.105. The van der Waals surface area contributed by atoms with Crippen molar-refractivity contribution < 1.29 is 9.53 Å². The van der Waals surface area contributed by atoms with Gasteiger partial charge in [0.2, 0.25) is 0 Å². The normalized spacial score (nSPS) is 15.3. The molecule has 20 heavy (non-hydrogen) atoms. The van der Waals surface area contributed by atoms with Gasteiger partial charge in [-0.25, -0.2) is 4.79 Å². The molecule has 110 valence electrons. The number of halogens is 1. The van der Waals surface area contributed by atoms with E-state index in [0.29, 0.717) is 26.2 Å². The largest absolute Gasteiger partial charge is 0.450 e. The molecule has 0 aromatic heterocycles. The van der Waals surface area contributed by atoms with E-state index in [9.17, 15) is 4.79 Å². The molecule has 1 aliphatic heterocycles. The van der Waals surface area contributed by atoms with Gasteiger partial charge in [-0.1, -0.05) is 22.0 Å². The summed E-state index contributed by atoms with van der Waals surface area (Å²) >= 11 is 3.50. The number of hydrogen-bond donors (Lipinski definition) is 1. The van der Waals surface area contributed by atoms with Crippen molar-refractivity contribution in [2.45, 2.75) is 13.5 Å². The van der Waals surface area contributed by atoms with Gasteiger partial charge in [0.15, 0.2) is 0 Å². The average Bonchev–Trinajstić information content (AvgIpc) is 2.47. The van der Waals surface area contributed by atoms with Crippen molar-refractivity contribution in [2.24, 2.45) is 5.73 Å². The van der Waals surface area contributed by atoms with Crippen molar-refractivity contribution >= 4 is 27.7 Å². The van der Waals surface area contributed by atoms with Crippen molar-refractivity contribution in [1.82, 2.24) is 4.90 Å². The zero-order valence-electron chi connectivity index (χ0n) is 11.6. The third kappa shape index (κ3) is 3.43. The fraction of sp³-hybridized carbons (Fsp3) is 0.500. The van der Waals surface area contributed by atoms with Gasteiger partial charge >= 0.3 is 6.09 Å². The first kappa shape index (κ1) is 15.1. The Kier molecular flexibility index (Phi) is 5.25. The number of nitrogens with zero attached hydrogens (tertiary/aromatic N) is 2. The van der Waals surface area contributed by atoms with Crippen LogP contribution >= 0.6 is 15.9 Å². The number of anilines is 1. The number of carbonyl (C=O) groups excluding carboxylic acids is 1. The molecule has 6 heteroatoms. The van der Waals surface area contributed by atoms with Gasteiger partial charge in [0.05, 0.1) is 6.61 Å². The van der Waals surface area contributed by atoms with Gasteiger partial charge in [-0.2, -0.15) is 0 Å². The summed E-state index contributed by atoms with van der Waals surface area (Å²) in [6.45, 7) is 5.70. The molecule has 1 aliphatic rings. The van der Waals surface area contributed by atoms with E-state index in [-0.39, 0.29) is 6.09 Å². The van der Waals surface area contributed by atoms with Crippen LogP contribution in [0.2, 0.25) is 0 Å². The second-order valence-corrected chi connectivity index (χ2v) is 5.57. The summed E-state index contributed by atoms with van der Waals surface area (Å²) in [5, 5.41) is 0. The van der Waals surface area contributed by atoms with E-state index in [2.05, 4.69) is 26.9 Å². The first-order valence-electron chi connectivity index (χ1n) is 6.80. The van der Waals surface area contributed by atoms with E-state index in [4.69, 9.17) is 10.5 Å². The van der Waals surface area contributed by atoms with Crippen LogP contribution in [0.5, 0.6) is 0 Å². The highest BCUT2D eigenvalue weighted by Crippen LogP contribution is 2.26. The number of benzene rings is 1. The Balaban J connectivity index is 2.03. The van der Waals surface area contributed by atoms with Crippen LogP contribution in [-0.4, -0.2) is 43.8 Å². The molecule has 1 amide bonds. The lowest BCUT2D eigenvalue weighted by Gasteiger charge is -2.36. The third-order valence-electron chi connectivity index (χ3n) is 3.41. The molecule has 2 rings (SSSR count). The average molecular weight is 342 g/mol. The van der Waals surface area contributed by atoms with Crippen LogP contribution in [0.25, 0.3) is 0 Å². The Hall–Kier alpha value is -1.27. The molecule has 0 atom stereocenters. The maximum atomic E-state index is 11.7. The summed E-state index contributed by atoms with van der Waals surface area (Å²) in [4.78, 5) is 15.7. The number of ether oxygens (including phenoxy) is 1. The van der Waals surface area contributed by atoms with Gasteiger partial charge in [-0.3, -0.25) is 0 Å². The van der Waals surface area contributed by atoms with Crippen LogP contribution in [0, 0.1) is 0 Å². The van der Waals surface area contributed by atoms with E-state index in [1.807, 2.05) is 19.1 Å². The van der Waals surface area contributed by atoms with E-state index >= 15 is 0 Å². The van der Waals surface area contributed by atoms with Crippen LogP contribution < -0.4 is 10.6 Å². The van der Waals surface area contributed by atoms with Gasteiger partial charge in [0.25, 0.3) is 0 Å². The summed E-state index contributed by atoms with van der Waals surface area (Å²) in [6.07, 6.45) is -0.222.